The first-order valence-corrected chi connectivity index (χ1v) is 16.3. The van der Waals surface area contributed by atoms with Gasteiger partial charge in [0.15, 0.2) is 0 Å². The van der Waals surface area contributed by atoms with Gasteiger partial charge in [-0.3, -0.25) is 4.90 Å². The Morgan fingerprint density at radius 1 is 1.09 bits per heavy atom. The number of piperidine rings is 1. The van der Waals surface area contributed by atoms with Gasteiger partial charge in [0.25, 0.3) is 0 Å². The number of fused-ring (bicyclic) bond motifs is 5. The van der Waals surface area contributed by atoms with Crippen LogP contribution in [0.1, 0.15) is 44.6 Å². The van der Waals surface area contributed by atoms with E-state index in [1.165, 1.54) is 6.07 Å². The summed E-state index contributed by atoms with van der Waals surface area (Å²) in [6, 6.07) is 15.3. The largest absolute Gasteiger partial charge is 0.508 e. The number of hydrogen-bond acceptors (Lipinski definition) is 7. The van der Waals surface area contributed by atoms with Gasteiger partial charge in [0.1, 0.15) is 30.2 Å². The van der Waals surface area contributed by atoms with Crippen molar-refractivity contribution < 1.29 is 18.6 Å². The van der Waals surface area contributed by atoms with E-state index in [0.29, 0.717) is 48.9 Å². The summed E-state index contributed by atoms with van der Waals surface area (Å²) in [4.78, 5) is 14.4. The topological polar surface area (TPSA) is 85.5 Å². The van der Waals surface area contributed by atoms with Crippen LogP contribution in [0.15, 0.2) is 42.5 Å². The predicted molar refractivity (Wildman–Crippen MR) is 170 cm³/mol. The number of phenolic OH excluding ortho intramolecular Hbond substituents is 1. The number of anilines is 1. The summed E-state index contributed by atoms with van der Waals surface area (Å²) in [5.74, 6) is 1.30. The van der Waals surface area contributed by atoms with E-state index in [2.05, 4.69) is 15.9 Å². The van der Waals surface area contributed by atoms with Crippen molar-refractivity contribution in [3.63, 3.8) is 0 Å². The van der Waals surface area contributed by atoms with Gasteiger partial charge < -0.3 is 14.7 Å². The van der Waals surface area contributed by atoms with Gasteiger partial charge in [-0.05, 0) is 108 Å². The monoisotopic (exact) mass is 609 g/mol. The third-order valence-corrected chi connectivity index (χ3v) is 11.0. The average molecular weight is 610 g/mol. The molecule has 7 nitrogen and oxygen atoms in total. The van der Waals surface area contributed by atoms with Crippen molar-refractivity contribution in [1.82, 2.24) is 14.9 Å². The fraction of sp³-hybridized carbons (Fsp3) is 0.472. The fourth-order valence-corrected chi connectivity index (χ4v) is 8.89. The van der Waals surface area contributed by atoms with E-state index in [-0.39, 0.29) is 29.0 Å². The Bertz CT molecular complexity index is 1850. The molecule has 0 spiro atoms. The van der Waals surface area contributed by atoms with E-state index in [0.717, 1.165) is 78.4 Å². The molecule has 0 radical (unpaired) electrons. The van der Waals surface area contributed by atoms with Crippen molar-refractivity contribution in [2.24, 2.45) is 17.8 Å². The highest BCUT2D eigenvalue weighted by atomic mass is 19.1. The van der Waals surface area contributed by atoms with E-state index < -0.39 is 6.17 Å². The number of rotatable bonds is 6. The fourth-order valence-electron chi connectivity index (χ4n) is 8.89. The maximum absolute atomic E-state index is 15.0. The van der Waals surface area contributed by atoms with Gasteiger partial charge in [-0.15, -0.1) is 0 Å². The number of benzene rings is 3. The van der Waals surface area contributed by atoms with Crippen molar-refractivity contribution in [1.29, 1.82) is 5.26 Å². The quantitative estimate of drug-likeness (QED) is 0.257. The number of aromatic hydroxyl groups is 1. The Morgan fingerprint density at radius 3 is 2.69 bits per heavy atom. The van der Waals surface area contributed by atoms with E-state index in [1.54, 1.807) is 18.2 Å². The standard InChI is InChI=1S/C36H37F2N5O2/c1-2-27-31(38)9-7-22-12-26(44)14-29(33(22)27)21-6-8-28-32(13-21)40-35(45-20-36-10-3-11-43(36)19-25(37)15-36)41-34(28)42-17-23-4-5-24(18-42)30(23)16-39/h6-9,12-14,23-25,30,44H,2-5,10-11,15,17-20H2,1H3/t23?,24?,25-,30?,36+/m1/s1. The van der Waals surface area contributed by atoms with Gasteiger partial charge in [0, 0.05) is 31.4 Å². The van der Waals surface area contributed by atoms with Crippen molar-refractivity contribution >= 4 is 27.5 Å². The van der Waals surface area contributed by atoms with Gasteiger partial charge in [0.2, 0.25) is 0 Å². The average Bonchev–Trinajstić information content (AvgIpc) is 3.65. The van der Waals surface area contributed by atoms with Crippen LogP contribution >= 0.6 is 0 Å². The third-order valence-electron chi connectivity index (χ3n) is 11.0. The van der Waals surface area contributed by atoms with Gasteiger partial charge >= 0.3 is 6.01 Å². The molecule has 2 bridgehead atoms. The maximum atomic E-state index is 15.0. The van der Waals surface area contributed by atoms with Crippen LogP contribution < -0.4 is 9.64 Å². The number of nitriles is 1. The summed E-state index contributed by atoms with van der Waals surface area (Å²) in [5, 5.41) is 22.9. The third kappa shape index (κ3) is 4.68. The molecular weight excluding hydrogens is 572 g/mol. The Morgan fingerprint density at radius 2 is 1.91 bits per heavy atom. The Labute approximate surface area is 261 Å². The molecule has 1 aromatic heterocycles. The van der Waals surface area contributed by atoms with Crippen molar-refractivity contribution in [3.8, 4) is 29.0 Å². The molecule has 3 aromatic carbocycles. The molecule has 4 heterocycles. The normalized spacial score (nSPS) is 27.7. The van der Waals surface area contributed by atoms with Crippen molar-refractivity contribution in [2.75, 3.05) is 37.7 Å². The molecule has 4 fully saturated rings. The molecule has 4 aliphatic rings. The summed E-state index contributed by atoms with van der Waals surface area (Å²) < 4.78 is 35.9. The highest BCUT2D eigenvalue weighted by molar-refractivity contribution is 6.02. The van der Waals surface area contributed by atoms with E-state index >= 15 is 0 Å². The number of aryl methyl sites for hydroxylation is 1. The molecule has 2 unspecified atom stereocenters. The summed E-state index contributed by atoms with van der Waals surface area (Å²) in [6.07, 6.45) is 4.12. The zero-order valence-corrected chi connectivity index (χ0v) is 25.5. The Hall–Kier alpha value is -4.03. The minimum atomic E-state index is -0.851. The first-order chi connectivity index (χ1) is 21.9. The van der Waals surface area contributed by atoms with E-state index in [4.69, 9.17) is 14.7 Å². The summed E-state index contributed by atoms with van der Waals surface area (Å²) in [7, 11) is 0. The smallest absolute Gasteiger partial charge is 0.319 e. The number of hydrogen-bond donors (Lipinski definition) is 1. The zero-order chi connectivity index (χ0) is 30.9. The van der Waals surface area contributed by atoms with Crippen LogP contribution in [-0.2, 0) is 6.42 Å². The molecule has 4 atom stereocenters. The Kier molecular flexibility index (Phi) is 6.83. The Balaban J connectivity index is 1.24. The SMILES string of the molecule is CCc1c(F)ccc2cc(O)cc(-c3ccc4c(N5CC6CCC(C5)C6C#N)nc(OC[C@@]56CCCN5C[C@H](F)C6)nc4c3)c12. The molecule has 0 amide bonds. The lowest BCUT2D eigenvalue weighted by molar-refractivity contribution is 0.107. The van der Waals surface area contributed by atoms with Crippen LogP contribution in [0.3, 0.4) is 0 Å². The molecule has 232 valence electrons. The predicted octanol–water partition coefficient (Wildman–Crippen LogP) is 6.80. The number of halogens is 2. The second-order valence-electron chi connectivity index (χ2n) is 13.6. The lowest BCUT2D eigenvalue weighted by Gasteiger charge is -2.36. The number of phenols is 1. The summed E-state index contributed by atoms with van der Waals surface area (Å²) in [5.41, 5.74) is 2.50. The van der Waals surface area contributed by atoms with E-state index in [9.17, 15) is 19.1 Å². The van der Waals surface area contributed by atoms with E-state index in [1.807, 2.05) is 25.1 Å². The van der Waals surface area contributed by atoms with Gasteiger partial charge in [-0.1, -0.05) is 19.1 Å². The van der Waals surface area contributed by atoms with Crippen molar-refractivity contribution in [3.05, 3.63) is 53.8 Å². The van der Waals surface area contributed by atoms with Gasteiger partial charge in [-0.2, -0.15) is 15.2 Å². The lowest BCUT2D eigenvalue weighted by Crippen LogP contribution is -2.44. The second kappa shape index (κ2) is 10.8. The second-order valence-corrected chi connectivity index (χ2v) is 13.6. The highest BCUT2D eigenvalue weighted by Gasteiger charge is 2.49. The van der Waals surface area contributed by atoms with Gasteiger partial charge in [-0.25, -0.2) is 8.78 Å². The molecule has 9 heteroatoms. The number of alkyl halides is 1. The summed E-state index contributed by atoms with van der Waals surface area (Å²) >= 11 is 0. The number of nitrogens with zero attached hydrogens (tertiary/aromatic N) is 5. The molecular formula is C36H37F2N5O2. The molecule has 1 N–H and O–H groups in total. The summed E-state index contributed by atoms with van der Waals surface area (Å²) in [6.45, 7) is 5.09. The minimum Gasteiger partial charge on any atom is -0.508 e. The minimum absolute atomic E-state index is 0.0762. The van der Waals surface area contributed by atoms with Crippen LogP contribution in [-0.4, -0.2) is 64.5 Å². The zero-order valence-electron chi connectivity index (χ0n) is 25.5. The van der Waals surface area contributed by atoms with Crippen LogP contribution in [0.25, 0.3) is 32.8 Å². The van der Waals surface area contributed by atoms with Crippen LogP contribution in [0.5, 0.6) is 11.8 Å². The first kappa shape index (κ1) is 28.4. The van der Waals surface area contributed by atoms with Crippen LogP contribution in [0.4, 0.5) is 14.6 Å². The highest BCUT2D eigenvalue weighted by Crippen LogP contribution is 2.45. The number of aromatic nitrogens is 2. The molecule has 3 saturated heterocycles. The van der Waals surface area contributed by atoms with Crippen molar-refractivity contribution in [2.45, 2.75) is 57.2 Å². The molecule has 8 rings (SSSR count). The number of ether oxygens (including phenoxy) is 1. The maximum Gasteiger partial charge on any atom is 0.319 e. The van der Waals surface area contributed by atoms with Gasteiger partial charge in [0.05, 0.1) is 23.0 Å². The first-order valence-electron chi connectivity index (χ1n) is 16.3. The molecule has 1 saturated carbocycles. The molecule has 1 aliphatic carbocycles. The van der Waals surface area contributed by atoms with Crippen LogP contribution in [0.2, 0.25) is 0 Å². The molecule has 4 aromatic rings. The van der Waals surface area contributed by atoms with Crippen LogP contribution in [0, 0.1) is 34.9 Å². The lowest BCUT2D eigenvalue weighted by atomic mass is 9.86. The molecule has 45 heavy (non-hydrogen) atoms. The molecule has 3 aliphatic heterocycles.